The van der Waals surface area contributed by atoms with E-state index in [0.29, 0.717) is 12.8 Å². The molecule has 0 saturated carbocycles. The van der Waals surface area contributed by atoms with Gasteiger partial charge in [0, 0.05) is 18.2 Å². The molecule has 8 nitrogen and oxygen atoms in total. The van der Waals surface area contributed by atoms with Gasteiger partial charge >= 0.3 is 11.9 Å². The second-order valence-corrected chi connectivity index (χ2v) is 9.67. The maximum Gasteiger partial charge on any atom is 0.328 e. The summed E-state index contributed by atoms with van der Waals surface area (Å²) in [6.07, 6.45) is 2.08. The molecule has 0 fully saturated rings. The monoisotopic (exact) mass is 486 g/mol. The van der Waals surface area contributed by atoms with Crippen molar-refractivity contribution < 1.29 is 33.0 Å². The molecule has 1 aromatic heterocycles. The molecule has 3 rings (SSSR count). The Labute approximate surface area is 204 Å². The predicted molar refractivity (Wildman–Crippen MR) is 126 cm³/mol. The molecule has 1 heterocycles. The molecule has 0 aliphatic heterocycles. The molecule has 2 unspecified atom stereocenters. The summed E-state index contributed by atoms with van der Waals surface area (Å²) >= 11 is 0. The molecule has 1 aliphatic rings. The lowest BCUT2D eigenvalue weighted by molar-refractivity contribution is -0.152. The number of carbonyl (C=O) groups excluding carboxylic acids is 3. The number of esters is 2. The third-order valence-electron chi connectivity index (χ3n) is 5.93. The molecular formula is C26H31FN2O6. The van der Waals surface area contributed by atoms with Crippen LogP contribution in [0.1, 0.15) is 68.6 Å². The van der Waals surface area contributed by atoms with E-state index >= 15 is 0 Å². The third-order valence-corrected chi connectivity index (χ3v) is 5.93. The molecule has 1 aliphatic carbocycles. The summed E-state index contributed by atoms with van der Waals surface area (Å²) in [5.74, 6) is -2.28. The molecule has 1 N–H and O–H groups in total. The number of aryl methyl sites for hydroxylation is 1. The second kappa shape index (κ2) is 10.4. The third kappa shape index (κ3) is 5.96. The van der Waals surface area contributed by atoms with E-state index in [9.17, 15) is 18.8 Å². The van der Waals surface area contributed by atoms with E-state index in [1.54, 1.807) is 26.8 Å². The number of pyridine rings is 1. The molecule has 188 valence electrons. The van der Waals surface area contributed by atoms with Crippen LogP contribution >= 0.6 is 0 Å². The van der Waals surface area contributed by atoms with Crippen molar-refractivity contribution in [2.75, 3.05) is 7.11 Å². The number of methoxy groups -OCH3 is 1. The minimum atomic E-state index is -0.997. The van der Waals surface area contributed by atoms with Gasteiger partial charge in [0.15, 0.2) is 11.4 Å². The van der Waals surface area contributed by atoms with E-state index in [4.69, 9.17) is 14.2 Å². The maximum absolute atomic E-state index is 13.5. The normalized spacial score (nSPS) is 18.1. The summed E-state index contributed by atoms with van der Waals surface area (Å²) in [5.41, 5.74) is 0.835. The fourth-order valence-electron chi connectivity index (χ4n) is 3.82. The minimum Gasteiger partial charge on any atom is -0.493 e. The number of rotatable bonds is 6. The lowest BCUT2D eigenvalue weighted by atomic mass is 9.82. The Morgan fingerprint density at radius 3 is 2.57 bits per heavy atom. The van der Waals surface area contributed by atoms with Crippen LogP contribution in [0.25, 0.3) is 0 Å². The Hall–Kier alpha value is -3.49. The van der Waals surface area contributed by atoms with Gasteiger partial charge in [-0.2, -0.15) is 0 Å². The SMILES string of the molecule is COc1ccnc(C(=O)N[C@@H](C)C(=O)OC2CCc3cc(F)ccc3C2C)c1OC(=O)C(C)(C)C. The Balaban J connectivity index is 1.71. The smallest absolute Gasteiger partial charge is 0.328 e. The van der Waals surface area contributed by atoms with Gasteiger partial charge in [0.05, 0.1) is 12.5 Å². The summed E-state index contributed by atoms with van der Waals surface area (Å²) < 4.78 is 29.9. The highest BCUT2D eigenvalue weighted by Gasteiger charge is 2.32. The van der Waals surface area contributed by atoms with Gasteiger partial charge in [-0.05, 0) is 63.8 Å². The number of benzene rings is 1. The van der Waals surface area contributed by atoms with Crippen molar-refractivity contribution in [2.45, 2.75) is 65.5 Å². The summed E-state index contributed by atoms with van der Waals surface area (Å²) in [7, 11) is 1.38. The van der Waals surface area contributed by atoms with Crippen LogP contribution in [0.2, 0.25) is 0 Å². The fraction of sp³-hybridized carbons (Fsp3) is 0.462. The molecule has 1 aromatic carbocycles. The van der Waals surface area contributed by atoms with E-state index in [0.717, 1.165) is 11.1 Å². The summed E-state index contributed by atoms with van der Waals surface area (Å²) in [6, 6.07) is 5.10. The van der Waals surface area contributed by atoms with Crippen molar-refractivity contribution in [3.8, 4) is 11.5 Å². The average Bonchev–Trinajstić information content (AvgIpc) is 2.80. The second-order valence-electron chi connectivity index (χ2n) is 9.67. The van der Waals surface area contributed by atoms with Crippen LogP contribution in [0.3, 0.4) is 0 Å². The van der Waals surface area contributed by atoms with Crippen molar-refractivity contribution in [1.29, 1.82) is 0 Å². The quantitative estimate of drug-likeness (QED) is 0.617. The van der Waals surface area contributed by atoms with Crippen molar-refractivity contribution in [3.63, 3.8) is 0 Å². The van der Waals surface area contributed by atoms with Gasteiger partial charge in [-0.25, -0.2) is 14.2 Å². The molecule has 9 heteroatoms. The standard InChI is InChI=1S/C26H31FN2O6/c1-14-18-9-8-17(27)13-16(18)7-10-19(14)34-24(31)15(2)29-23(30)21-22(20(33-6)11-12-28-21)35-25(32)26(3,4)5/h8-9,11-15,19H,7,10H2,1-6H3,(H,29,30)/t14?,15-,19?/m0/s1. The van der Waals surface area contributed by atoms with Crippen molar-refractivity contribution in [3.05, 3.63) is 53.1 Å². The fourth-order valence-corrected chi connectivity index (χ4v) is 3.82. The first kappa shape index (κ1) is 26.1. The Morgan fingerprint density at radius 1 is 1.20 bits per heavy atom. The number of amides is 1. The van der Waals surface area contributed by atoms with Crippen LogP contribution in [0, 0.1) is 11.2 Å². The molecule has 0 spiro atoms. The number of halogens is 1. The largest absolute Gasteiger partial charge is 0.493 e. The summed E-state index contributed by atoms with van der Waals surface area (Å²) in [4.78, 5) is 42.2. The van der Waals surface area contributed by atoms with Crippen LogP contribution in [0.15, 0.2) is 30.5 Å². The molecule has 35 heavy (non-hydrogen) atoms. The van der Waals surface area contributed by atoms with Crippen molar-refractivity contribution in [2.24, 2.45) is 5.41 Å². The number of nitrogens with zero attached hydrogens (tertiary/aromatic N) is 1. The zero-order valence-electron chi connectivity index (χ0n) is 20.8. The molecule has 0 saturated heterocycles. The molecular weight excluding hydrogens is 455 g/mol. The number of aromatic nitrogens is 1. The topological polar surface area (TPSA) is 104 Å². The van der Waals surface area contributed by atoms with E-state index in [-0.39, 0.29) is 28.9 Å². The van der Waals surface area contributed by atoms with Gasteiger partial charge in [-0.1, -0.05) is 13.0 Å². The van der Waals surface area contributed by atoms with Crippen LogP contribution in [0.4, 0.5) is 4.39 Å². The van der Waals surface area contributed by atoms with Gasteiger partial charge in [-0.3, -0.25) is 9.59 Å². The van der Waals surface area contributed by atoms with Gasteiger partial charge in [0.25, 0.3) is 5.91 Å². The minimum absolute atomic E-state index is 0.116. The van der Waals surface area contributed by atoms with Crippen LogP contribution < -0.4 is 14.8 Å². The van der Waals surface area contributed by atoms with E-state index in [1.807, 2.05) is 6.92 Å². The molecule has 0 bridgehead atoms. The Kier molecular flexibility index (Phi) is 7.77. The molecule has 1 amide bonds. The van der Waals surface area contributed by atoms with Crippen molar-refractivity contribution in [1.82, 2.24) is 10.3 Å². The zero-order chi connectivity index (χ0) is 25.9. The highest BCUT2D eigenvalue weighted by molar-refractivity contribution is 5.98. The first-order chi connectivity index (χ1) is 16.4. The molecule has 2 aromatic rings. The van der Waals surface area contributed by atoms with Crippen molar-refractivity contribution >= 4 is 17.8 Å². The highest BCUT2D eigenvalue weighted by atomic mass is 19.1. The van der Waals surface area contributed by atoms with Crippen LogP contribution in [0.5, 0.6) is 11.5 Å². The van der Waals surface area contributed by atoms with Gasteiger partial charge in [-0.15, -0.1) is 0 Å². The zero-order valence-corrected chi connectivity index (χ0v) is 20.8. The van der Waals surface area contributed by atoms with Crippen LogP contribution in [-0.4, -0.2) is 42.1 Å². The summed E-state index contributed by atoms with van der Waals surface area (Å²) in [6.45, 7) is 8.45. The number of nitrogens with one attached hydrogen (secondary N) is 1. The first-order valence-corrected chi connectivity index (χ1v) is 11.5. The first-order valence-electron chi connectivity index (χ1n) is 11.5. The number of fused-ring (bicyclic) bond motifs is 1. The number of hydrogen-bond donors (Lipinski definition) is 1. The number of hydrogen-bond acceptors (Lipinski definition) is 7. The lowest BCUT2D eigenvalue weighted by Crippen LogP contribution is -2.42. The van der Waals surface area contributed by atoms with Gasteiger partial charge in [0.2, 0.25) is 5.75 Å². The number of ether oxygens (including phenoxy) is 3. The van der Waals surface area contributed by atoms with Gasteiger partial charge < -0.3 is 19.5 Å². The Bertz CT molecular complexity index is 1130. The highest BCUT2D eigenvalue weighted by Crippen LogP contribution is 2.34. The van der Waals surface area contributed by atoms with E-state index < -0.39 is 35.4 Å². The summed E-state index contributed by atoms with van der Waals surface area (Å²) in [5, 5.41) is 2.56. The average molecular weight is 487 g/mol. The maximum atomic E-state index is 13.5. The van der Waals surface area contributed by atoms with Gasteiger partial charge in [0.1, 0.15) is 18.0 Å². The van der Waals surface area contributed by atoms with E-state index in [1.165, 1.54) is 38.4 Å². The lowest BCUT2D eigenvalue weighted by Gasteiger charge is -2.31. The molecule has 3 atom stereocenters. The number of carbonyl (C=O) groups is 3. The Morgan fingerprint density at radius 2 is 1.91 bits per heavy atom. The molecule has 0 radical (unpaired) electrons. The van der Waals surface area contributed by atoms with E-state index in [2.05, 4.69) is 10.3 Å². The van der Waals surface area contributed by atoms with Crippen LogP contribution in [-0.2, 0) is 20.7 Å². The predicted octanol–water partition coefficient (Wildman–Crippen LogP) is 3.96.